The molecule has 3 aromatic rings. The summed E-state index contributed by atoms with van der Waals surface area (Å²) in [6.07, 6.45) is 3.48. The number of sulfonamides is 1. The molecule has 2 heterocycles. The standard InChI is InChI=1S/C16H15N3O2S2/c1-19(2)23(20,21)14-7-3-5-12(9-14)15-11-22-16(18-15)13-6-4-8-17-10-13/h3-11H,1-2H3. The molecule has 0 spiro atoms. The van der Waals surface area contributed by atoms with E-state index >= 15 is 0 Å². The Balaban J connectivity index is 1.99. The number of aromatic nitrogens is 2. The lowest BCUT2D eigenvalue weighted by atomic mass is 10.2. The van der Waals surface area contributed by atoms with Crippen LogP contribution in [0.1, 0.15) is 0 Å². The summed E-state index contributed by atoms with van der Waals surface area (Å²) in [5.41, 5.74) is 2.48. The molecular weight excluding hydrogens is 330 g/mol. The first-order chi connectivity index (χ1) is 11.0. The van der Waals surface area contributed by atoms with Crippen LogP contribution in [0.2, 0.25) is 0 Å². The minimum absolute atomic E-state index is 0.260. The highest BCUT2D eigenvalue weighted by molar-refractivity contribution is 7.89. The molecule has 0 amide bonds. The van der Waals surface area contributed by atoms with Gasteiger partial charge in [-0.1, -0.05) is 12.1 Å². The number of nitrogens with zero attached hydrogens (tertiary/aromatic N) is 3. The zero-order valence-corrected chi connectivity index (χ0v) is 14.3. The van der Waals surface area contributed by atoms with Gasteiger partial charge in [0.15, 0.2) is 0 Å². The minimum Gasteiger partial charge on any atom is -0.264 e. The van der Waals surface area contributed by atoms with E-state index < -0.39 is 10.0 Å². The van der Waals surface area contributed by atoms with Gasteiger partial charge in [-0.25, -0.2) is 17.7 Å². The third kappa shape index (κ3) is 3.17. The van der Waals surface area contributed by atoms with E-state index in [-0.39, 0.29) is 4.90 Å². The van der Waals surface area contributed by atoms with Crippen molar-refractivity contribution in [2.24, 2.45) is 0 Å². The lowest BCUT2D eigenvalue weighted by Crippen LogP contribution is -2.22. The van der Waals surface area contributed by atoms with Crippen LogP contribution in [0.5, 0.6) is 0 Å². The van der Waals surface area contributed by atoms with Crippen LogP contribution in [0.4, 0.5) is 0 Å². The average molecular weight is 345 g/mol. The van der Waals surface area contributed by atoms with Crippen LogP contribution in [-0.2, 0) is 10.0 Å². The lowest BCUT2D eigenvalue weighted by molar-refractivity contribution is 0.521. The van der Waals surface area contributed by atoms with Gasteiger partial charge < -0.3 is 0 Å². The van der Waals surface area contributed by atoms with Gasteiger partial charge in [-0.3, -0.25) is 4.98 Å². The van der Waals surface area contributed by atoms with Crippen molar-refractivity contribution < 1.29 is 8.42 Å². The molecule has 0 fully saturated rings. The summed E-state index contributed by atoms with van der Waals surface area (Å²) < 4.78 is 25.7. The second-order valence-corrected chi connectivity index (χ2v) is 8.10. The molecule has 2 aromatic heterocycles. The summed E-state index contributed by atoms with van der Waals surface area (Å²) in [6, 6.07) is 10.6. The van der Waals surface area contributed by atoms with Crippen LogP contribution in [-0.4, -0.2) is 36.8 Å². The zero-order chi connectivity index (χ0) is 16.4. The molecule has 0 saturated carbocycles. The number of benzene rings is 1. The first-order valence-electron chi connectivity index (χ1n) is 6.87. The predicted octanol–water partition coefficient (Wildman–Crippen LogP) is 3.12. The van der Waals surface area contributed by atoms with Crippen molar-refractivity contribution in [3.8, 4) is 21.8 Å². The van der Waals surface area contributed by atoms with Gasteiger partial charge >= 0.3 is 0 Å². The van der Waals surface area contributed by atoms with E-state index in [1.807, 2.05) is 23.6 Å². The lowest BCUT2D eigenvalue weighted by Gasteiger charge is -2.11. The monoisotopic (exact) mass is 345 g/mol. The maximum atomic E-state index is 12.2. The van der Waals surface area contributed by atoms with Crippen LogP contribution in [0.15, 0.2) is 59.1 Å². The van der Waals surface area contributed by atoms with E-state index in [2.05, 4.69) is 9.97 Å². The molecule has 0 N–H and O–H groups in total. The number of rotatable bonds is 4. The van der Waals surface area contributed by atoms with Crippen LogP contribution >= 0.6 is 11.3 Å². The second kappa shape index (κ2) is 6.19. The fraction of sp³-hybridized carbons (Fsp3) is 0.125. The summed E-state index contributed by atoms with van der Waals surface area (Å²) in [7, 11) is -0.415. The molecule has 118 valence electrons. The smallest absolute Gasteiger partial charge is 0.242 e. The maximum Gasteiger partial charge on any atom is 0.242 e. The topological polar surface area (TPSA) is 63.2 Å². The first-order valence-corrected chi connectivity index (χ1v) is 9.19. The molecule has 0 aliphatic carbocycles. The number of thiazole rings is 1. The van der Waals surface area contributed by atoms with Gasteiger partial charge in [0, 0.05) is 43.0 Å². The average Bonchev–Trinajstić information content (AvgIpc) is 3.06. The highest BCUT2D eigenvalue weighted by Gasteiger charge is 2.18. The molecule has 0 aliphatic heterocycles. The number of pyridine rings is 1. The summed E-state index contributed by atoms with van der Waals surface area (Å²) in [5, 5.41) is 2.78. The summed E-state index contributed by atoms with van der Waals surface area (Å²) in [6.45, 7) is 0. The van der Waals surface area contributed by atoms with E-state index in [4.69, 9.17) is 0 Å². The van der Waals surface area contributed by atoms with Gasteiger partial charge in [0.2, 0.25) is 10.0 Å². The van der Waals surface area contributed by atoms with Crippen molar-refractivity contribution in [3.05, 3.63) is 54.2 Å². The Morgan fingerprint density at radius 2 is 1.87 bits per heavy atom. The SMILES string of the molecule is CN(C)S(=O)(=O)c1cccc(-c2csc(-c3cccnc3)n2)c1. The minimum atomic E-state index is -3.45. The van der Waals surface area contributed by atoms with Crippen molar-refractivity contribution in [2.45, 2.75) is 4.90 Å². The molecule has 0 radical (unpaired) electrons. The van der Waals surface area contributed by atoms with Crippen molar-refractivity contribution in [2.75, 3.05) is 14.1 Å². The fourth-order valence-electron chi connectivity index (χ4n) is 2.05. The Bertz CT molecular complexity index is 919. The molecule has 0 unspecified atom stereocenters. The third-order valence-electron chi connectivity index (χ3n) is 3.32. The van der Waals surface area contributed by atoms with Gasteiger partial charge in [0.05, 0.1) is 10.6 Å². The van der Waals surface area contributed by atoms with Crippen molar-refractivity contribution in [3.63, 3.8) is 0 Å². The largest absolute Gasteiger partial charge is 0.264 e. The van der Waals surface area contributed by atoms with Crippen molar-refractivity contribution in [1.82, 2.24) is 14.3 Å². The van der Waals surface area contributed by atoms with E-state index in [0.29, 0.717) is 0 Å². The number of hydrogen-bond acceptors (Lipinski definition) is 5. The van der Waals surface area contributed by atoms with Crippen LogP contribution < -0.4 is 0 Å². The molecule has 7 heteroatoms. The second-order valence-electron chi connectivity index (χ2n) is 5.09. The Labute approximate surface area is 139 Å². The third-order valence-corrected chi connectivity index (χ3v) is 6.02. The van der Waals surface area contributed by atoms with E-state index in [1.165, 1.54) is 29.7 Å². The fourth-order valence-corrected chi connectivity index (χ4v) is 3.82. The summed E-state index contributed by atoms with van der Waals surface area (Å²) >= 11 is 1.51. The van der Waals surface area contributed by atoms with E-state index in [9.17, 15) is 8.42 Å². The Morgan fingerprint density at radius 3 is 2.57 bits per heavy atom. The molecule has 0 atom stereocenters. The van der Waals surface area contributed by atoms with Crippen molar-refractivity contribution >= 4 is 21.4 Å². The summed E-state index contributed by atoms with van der Waals surface area (Å²) in [4.78, 5) is 8.94. The summed E-state index contributed by atoms with van der Waals surface area (Å²) in [5.74, 6) is 0. The highest BCUT2D eigenvalue weighted by atomic mass is 32.2. The van der Waals surface area contributed by atoms with Gasteiger partial charge in [-0.15, -0.1) is 11.3 Å². The van der Waals surface area contributed by atoms with Gasteiger partial charge in [0.1, 0.15) is 5.01 Å². The van der Waals surface area contributed by atoms with E-state index in [1.54, 1.807) is 30.6 Å². The van der Waals surface area contributed by atoms with Gasteiger partial charge in [0.25, 0.3) is 0 Å². The zero-order valence-electron chi connectivity index (χ0n) is 12.7. The quantitative estimate of drug-likeness (QED) is 0.729. The Kier molecular flexibility index (Phi) is 4.25. The molecule has 5 nitrogen and oxygen atoms in total. The Hall–Kier alpha value is -2.09. The molecule has 0 aliphatic rings. The van der Waals surface area contributed by atoms with E-state index in [0.717, 1.165) is 21.8 Å². The van der Waals surface area contributed by atoms with Crippen LogP contribution in [0, 0.1) is 0 Å². The highest BCUT2D eigenvalue weighted by Crippen LogP contribution is 2.29. The molecular formula is C16H15N3O2S2. The molecule has 23 heavy (non-hydrogen) atoms. The van der Waals surface area contributed by atoms with Crippen molar-refractivity contribution in [1.29, 1.82) is 0 Å². The maximum absolute atomic E-state index is 12.2. The first kappa shape index (κ1) is 15.8. The normalized spacial score (nSPS) is 11.8. The van der Waals surface area contributed by atoms with Crippen LogP contribution in [0.25, 0.3) is 21.8 Å². The van der Waals surface area contributed by atoms with Gasteiger partial charge in [-0.2, -0.15) is 0 Å². The van der Waals surface area contributed by atoms with Crippen LogP contribution in [0.3, 0.4) is 0 Å². The van der Waals surface area contributed by atoms with Gasteiger partial charge in [-0.05, 0) is 24.3 Å². The molecule has 1 aromatic carbocycles. The number of hydrogen-bond donors (Lipinski definition) is 0. The Morgan fingerprint density at radius 1 is 1.09 bits per heavy atom. The molecule has 0 saturated heterocycles. The molecule has 0 bridgehead atoms. The molecule has 3 rings (SSSR count). The predicted molar refractivity (Wildman–Crippen MR) is 91.7 cm³/mol.